The third-order valence-corrected chi connectivity index (χ3v) is 3.42. The molecule has 13 heavy (non-hydrogen) atoms. The first kappa shape index (κ1) is 9.85. The molecule has 0 saturated carbocycles. The van der Waals surface area contributed by atoms with Gasteiger partial charge in [-0.25, -0.2) is 8.42 Å². The summed E-state index contributed by atoms with van der Waals surface area (Å²) in [6, 6.07) is 3.44. The van der Waals surface area contributed by atoms with E-state index in [1.54, 1.807) is 0 Å². The van der Waals surface area contributed by atoms with Crippen molar-refractivity contribution in [3.63, 3.8) is 0 Å². The lowest BCUT2D eigenvalue weighted by Crippen LogP contribution is -2.02. The maximum atomic E-state index is 11.3. The molecule has 0 heterocycles. The average Bonchev–Trinajstić information content (AvgIpc) is 2.09. The van der Waals surface area contributed by atoms with Crippen molar-refractivity contribution in [2.75, 3.05) is 5.75 Å². The van der Waals surface area contributed by atoms with Gasteiger partial charge in [-0.3, -0.25) is 0 Å². The summed E-state index contributed by atoms with van der Waals surface area (Å²) >= 11 is 0. The smallest absolute Gasteiger partial charge is 0.178 e. The van der Waals surface area contributed by atoms with Crippen molar-refractivity contribution in [3.8, 4) is 11.5 Å². The van der Waals surface area contributed by atoms with Crippen LogP contribution in [0.4, 0.5) is 0 Å². The number of aromatic hydroxyl groups is 2. The number of rotatable bonds is 2. The fraction of sp³-hybridized carbons (Fsp3) is 0.250. The van der Waals surface area contributed by atoms with E-state index in [4.69, 9.17) is 10.2 Å². The van der Waals surface area contributed by atoms with Crippen LogP contribution in [0.25, 0.3) is 0 Å². The second kappa shape index (κ2) is 3.26. The number of hydrogen-bond acceptors (Lipinski definition) is 4. The highest BCUT2D eigenvalue weighted by atomic mass is 32.2. The molecule has 0 atom stereocenters. The van der Waals surface area contributed by atoms with Crippen molar-refractivity contribution >= 4 is 9.84 Å². The lowest BCUT2D eigenvalue weighted by atomic mass is 10.3. The molecule has 0 unspecified atom stereocenters. The highest BCUT2D eigenvalue weighted by Crippen LogP contribution is 2.27. The quantitative estimate of drug-likeness (QED) is 0.698. The summed E-state index contributed by atoms with van der Waals surface area (Å²) in [5.41, 5.74) is 0. The van der Waals surface area contributed by atoms with Crippen molar-refractivity contribution in [1.29, 1.82) is 0 Å². The van der Waals surface area contributed by atoms with E-state index < -0.39 is 15.6 Å². The Morgan fingerprint density at radius 3 is 2.31 bits per heavy atom. The summed E-state index contributed by atoms with van der Waals surface area (Å²) < 4.78 is 22.5. The molecule has 72 valence electrons. The largest absolute Gasteiger partial charge is 0.504 e. The normalized spacial score (nSPS) is 11.5. The van der Waals surface area contributed by atoms with Gasteiger partial charge in [0.15, 0.2) is 21.3 Å². The average molecular weight is 202 g/mol. The van der Waals surface area contributed by atoms with E-state index in [2.05, 4.69) is 0 Å². The van der Waals surface area contributed by atoms with Gasteiger partial charge >= 0.3 is 0 Å². The van der Waals surface area contributed by atoms with Gasteiger partial charge in [0.05, 0.1) is 10.6 Å². The molecule has 0 amide bonds. The van der Waals surface area contributed by atoms with E-state index in [9.17, 15) is 8.42 Å². The van der Waals surface area contributed by atoms with Crippen LogP contribution in [0.2, 0.25) is 0 Å². The van der Waals surface area contributed by atoms with E-state index in [1.165, 1.54) is 13.0 Å². The third kappa shape index (κ3) is 1.92. The summed E-state index contributed by atoms with van der Waals surface area (Å²) in [7, 11) is -3.31. The number of benzene rings is 1. The Kier molecular flexibility index (Phi) is 2.47. The Bertz CT molecular complexity index is 408. The zero-order valence-electron chi connectivity index (χ0n) is 7.06. The van der Waals surface area contributed by atoms with Crippen LogP contribution in [0.15, 0.2) is 23.1 Å². The minimum atomic E-state index is -3.31. The monoisotopic (exact) mass is 202 g/mol. The molecule has 0 aliphatic rings. The Morgan fingerprint density at radius 2 is 1.85 bits per heavy atom. The van der Waals surface area contributed by atoms with Gasteiger partial charge in [0.1, 0.15) is 0 Å². The molecule has 5 heteroatoms. The first-order chi connectivity index (χ1) is 5.97. The number of hydrogen-bond donors (Lipinski definition) is 2. The molecule has 0 fully saturated rings. The minimum absolute atomic E-state index is 0.0188. The molecule has 0 radical (unpaired) electrons. The van der Waals surface area contributed by atoms with Gasteiger partial charge < -0.3 is 10.2 Å². The molecule has 1 aromatic rings. The van der Waals surface area contributed by atoms with Gasteiger partial charge in [-0.15, -0.1) is 0 Å². The Labute approximate surface area is 76.4 Å². The molecule has 4 nitrogen and oxygen atoms in total. The lowest BCUT2D eigenvalue weighted by Gasteiger charge is -2.02. The number of sulfone groups is 1. The van der Waals surface area contributed by atoms with E-state index in [0.29, 0.717) is 0 Å². The fourth-order valence-corrected chi connectivity index (χ4v) is 1.76. The van der Waals surface area contributed by atoms with Gasteiger partial charge in [0.2, 0.25) is 0 Å². The summed E-state index contributed by atoms with van der Waals surface area (Å²) in [5.74, 6) is -0.776. The van der Waals surface area contributed by atoms with Crippen LogP contribution in [-0.4, -0.2) is 24.4 Å². The topological polar surface area (TPSA) is 74.6 Å². The van der Waals surface area contributed by atoms with Crippen molar-refractivity contribution in [2.24, 2.45) is 0 Å². The fourth-order valence-electron chi connectivity index (χ4n) is 0.863. The van der Waals surface area contributed by atoms with Crippen LogP contribution in [0.1, 0.15) is 6.92 Å². The second-order valence-corrected chi connectivity index (χ2v) is 4.83. The van der Waals surface area contributed by atoms with E-state index >= 15 is 0 Å². The first-order valence-electron chi connectivity index (χ1n) is 3.72. The number of phenols is 2. The molecule has 0 aliphatic carbocycles. The maximum absolute atomic E-state index is 11.3. The standard InChI is InChI=1S/C8H10O4S/c1-2-13(11,12)6-3-4-7(9)8(10)5-6/h3-5,9-10H,2H2,1H3. The van der Waals surface area contributed by atoms with Crippen LogP contribution < -0.4 is 0 Å². The summed E-state index contributed by atoms with van der Waals surface area (Å²) in [6.45, 7) is 1.51. The van der Waals surface area contributed by atoms with Crippen LogP contribution >= 0.6 is 0 Å². The minimum Gasteiger partial charge on any atom is -0.504 e. The van der Waals surface area contributed by atoms with Crippen LogP contribution in [0.5, 0.6) is 11.5 Å². The zero-order valence-corrected chi connectivity index (χ0v) is 7.87. The van der Waals surface area contributed by atoms with Crippen molar-refractivity contribution in [1.82, 2.24) is 0 Å². The zero-order chi connectivity index (χ0) is 10.1. The summed E-state index contributed by atoms with van der Waals surface area (Å²) in [5, 5.41) is 18.0. The third-order valence-electron chi connectivity index (χ3n) is 1.69. The lowest BCUT2D eigenvalue weighted by molar-refractivity contribution is 0.402. The molecule has 2 N–H and O–H groups in total. The van der Waals surface area contributed by atoms with Gasteiger partial charge in [0, 0.05) is 6.07 Å². The predicted molar refractivity (Wildman–Crippen MR) is 47.5 cm³/mol. The van der Waals surface area contributed by atoms with Gasteiger partial charge in [0.25, 0.3) is 0 Å². The Morgan fingerprint density at radius 1 is 1.23 bits per heavy atom. The Hall–Kier alpha value is -1.23. The van der Waals surface area contributed by atoms with Crippen LogP contribution in [-0.2, 0) is 9.84 Å². The first-order valence-corrected chi connectivity index (χ1v) is 5.37. The summed E-state index contributed by atoms with van der Waals surface area (Å²) in [6.07, 6.45) is 0. The van der Waals surface area contributed by atoms with Crippen molar-refractivity contribution in [3.05, 3.63) is 18.2 Å². The Balaban J connectivity index is 3.27. The van der Waals surface area contributed by atoms with Crippen LogP contribution in [0, 0.1) is 0 Å². The van der Waals surface area contributed by atoms with Gasteiger partial charge in [-0.1, -0.05) is 6.92 Å². The van der Waals surface area contributed by atoms with Gasteiger partial charge in [-0.05, 0) is 12.1 Å². The number of phenolic OH excluding ortho intramolecular Hbond substituents is 2. The van der Waals surface area contributed by atoms with Crippen LogP contribution in [0.3, 0.4) is 0 Å². The predicted octanol–water partition coefficient (Wildman–Crippen LogP) is 0.891. The molecular formula is C8H10O4S. The highest BCUT2D eigenvalue weighted by molar-refractivity contribution is 7.91. The molecule has 1 rings (SSSR count). The molecule has 0 aromatic heterocycles. The SMILES string of the molecule is CCS(=O)(=O)c1ccc(O)c(O)c1. The van der Waals surface area contributed by atoms with Crippen molar-refractivity contribution in [2.45, 2.75) is 11.8 Å². The molecule has 0 saturated heterocycles. The van der Waals surface area contributed by atoms with E-state index in [0.717, 1.165) is 12.1 Å². The molecule has 0 aliphatic heterocycles. The maximum Gasteiger partial charge on any atom is 0.178 e. The molecule has 0 bridgehead atoms. The van der Waals surface area contributed by atoms with Crippen molar-refractivity contribution < 1.29 is 18.6 Å². The molecule has 1 aromatic carbocycles. The molecular weight excluding hydrogens is 192 g/mol. The van der Waals surface area contributed by atoms with E-state index in [-0.39, 0.29) is 16.4 Å². The highest BCUT2D eigenvalue weighted by Gasteiger charge is 2.13. The summed E-state index contributed by atoms with van der Waals surface area (Å²) in [4.78, 5) is 0.0188. The van der Waals surface area contributed by atoms with Gasteiger partial charge in [-0.2, -0.15) is 0 Å². The molecule has 0 spiro atoms. The van der Waals surface area contributed by atoms with E-state index in [1.807, 2.05) is 0 Å². The second-order valence-electron chi connectivity index (χ2n) is 2.55.